The summed E-state index contributed by atoms with van der Waals surface area (Å²) in [5, 5.41) is 3.54. The quantitative estimate of drug-likeness (QED) is 0.881. The summed E-state index contributed by atoms with van der Waals surface area (Å²) >= 11 is 11.8. The molecule has 1 aromatic rings. The van der Waals surface area contributed by atoms with Crippen LogP contribution in [-0.4, -0.2) is 27.5 Å². The lowest BCUT2D eigenvalue weighted by molar-refractivity contribution is 0.565. The van der Waals surface area contributed by atoms with Crippen molar-refractivity contribution in [2.75, 3.05) is 13.1 Å². The number of hydrogen-bond acceptors (Lipinski definition) is 3. The van der Waals surface area contributed by atoms with Crippen LogP contribution in [0.15, 0.2) is 23.1 Å². The van der Waals surface area contributed by atoms with Crippen molar-refractivity contribution < 1.29 is 8.42 Å². The molecule has 106 valence electrons. The SMILES string of the molecule is Cl.O=S(=O)(NC1C2CNCC21)c1cccc(Cl)c1Cl. The zero-order chi connectivity index (χ0) is 12.9. The summed E-state index contributed by atoms with van der Waals surface area (Å²) in [5.41, 5.74) is 0. The lowest BCUT2D eigenvalue weighted by Crippen LogP contribution is -2.32. The van der Waals surface area contributed by atoms with E-state index in [0.29, 0.717) is 11.8 Å². The van der Waals surface area contributed by atoms with Gasteiger partial charge in [0.1, 0.15) is 4.90 Å². The topological polar surface area (TPSA) is 58.2 Å². The smallest absolute Gasteiger partial charge is 0.242 e. The molecule has 1 aliphatic heterocycles. The molecule has 0 spiro atoms. The number of nitrogens with one attached hydrogen (secondary N) is 2. The van der Waals surface area contributed by atoms with Gasteiger partial charge in [-0.3, -0.25) is 0 Å². The van der Waals surface area contributed by atoms with Gasteiger partial charge < -0.3 is 5.32 Å². The summed E-state index contributed by atoms with van der Waals surface area (Å²) in [6, 6.07) is 4.65. The van der Waals surface area contributed by atoms with Crippen LogP contribution < -0.4 is 10.0 Å². The molecule has 8 heteroatoms. The van der Waals surface area contributed by atoms with E-state index in [0.717, 1.165) is 13.1 Å². The molecule has 1 aromatic carbocycles. The highest BCUT2D eigenvalue weighted by molar-refractivity contribution is 7.89. The van der Waals surface area contributed by atoms with E-state index in [1.54, 1.807) is 12.1 Å². The van der Waals surface area contributed by atoms with Crippen molar-refractivity contribution in [3.05, 3.63) is 28.2 Å². The van der Waals surface area contributed by atoms with Gasteiger partial charge in [0.05, 0.1) is 10.0 Å². The van der Waals surface area contributed by atoms with Crippen LogP contribution in [0.2, 0.25) is 10.0 Å². The molecular weight excluding hydrogens is 331 g/mol. The molecule has 1 heterocycles. The minimum Gasteiger partial charge on any atom is -0.316 e. The Morgan fingerprint density at radius 1 is 1.21 bits per heavy atom. The van der Waals surface area contributed by atoms with E-state index < -0.39 is 10.0 Å². The molecule has 1 saturated carbocycles. The Labute approximate surface area is 128 Å². The molecule has 2 aliphatic rings. The Hall–Kier alpha value is -0.0400. The van der Waals surface area contributed by atoms with Crippen molar-refractivity contribution in [1.29, 1.82) is 0 Å². The third kappa shape index (κ3) is 2.73. The van der Waals surface area contributed by atoms with Crippen molar-refractivity contribution in [3.63, 3.8) is 0 Å². The van der Waals surface area contributed by atoms with Gasteiger partial charge in [-0.15, -0.1) is 12.4 Å². The molecule has 0 amide bonds. The number of benzene rings is 1. The van der Waals surface area contributed by atoms with E-state index in [1.807, 2.05) is 0 Å². The molecule has 2 atom stereocenters. The first-order chi connectivity index (χ1) is 8.50. The second kappa shape index (κ2) is 5.39. The normalized spacial score (nSPS) is 28.6. The fourth-order valence-corrected chi connectivity index (χ4v) is 4.63. The Morgan fingerprint density at radius 3 is 2.47 bits per heavy atom. The number of piperidine rings is 1. The first kappa shape index (κ1) is 15.4. The van der Waals surface area contributed by atoms with Crippen molar-refractivity contribution in [2.45, 2.75) is 10.9 Å². The molecule has 4 nitrogen and oxygen atoms in total. The van der Waals surface area contributed by atoms with E-state index >= 15 is 0 Å². The van der Waals surface area contributed by atoms with Gasteiger partial charge in [0.2, 0.25) is 10.0 Å². The van der Waals surface area contributed by atoms with E-state index in [9.17, 15) is 8.42 Å². The van der Waals surface area contributed by atoms with E-state index in [1.165, 1.54) is 6.07 Å². The van der Waals surface area contributed by atoms with Gasteiger partial charge in [0.25, 0.3) is 0 Å². The maximum absolute atomic E-state index is 12.2. The average molecular weight is 344 g/mol. The molecule has 0 bridgehead atoms. The third-order valence-electron chi connectivity index (χ3n) is 3.59. The summed E-state index contributed by atoms with van der Waals surface area (Å²) < 4.78 is 27.1. The summed E-state index contributed by atoms with van der Waals surface area (Å²) in [6.45, 7) is 1.75. The average Bonchev–Trinajstić information content (AvgIpc) is 2.76. The van der Waals surface area contributed by atoms with Crippen LogP contribution in [0.25, 0.3) is 0 Å². The zero-order valence-electron chi connectivity index (χ0n) is 9.77. The predicted molar refractivity (Wildman–Crippen MR) is 77.7 cm³/mol. The fourth-order valence-electron chi connectivity index (χ4n) is 2.53. The Bertz CT molecular complexity index is 584. The maximum atomic E-state index is 12.2. The molecular formula is C11H13Cl3N2O2S. The van der Waals surface area contributed by atoms with Crippen molar-refractivity contribution in [2.24, 2.45) is 11.8 Å². The summed E-state index contributed by atoms with van der Waals surface area (Å²) in [7, 11) is -3.59. The molecule has 2 N–H and O–H groups in total. The van der Waals surface area contributed by atoms with Crippen molar-refractivity contribution >= 4 is 45.6 Å². The third-order valence-corrected chi connectivity index (χ3v) is 6.02. The van der Waals surface area contributed by atoms with Crippen LogP contribution in [0.4, 0.5) is 0 Å². The molecule has 1 aliphatic carbocycles. The van der Waals surface area contributed by atoms with E-state index in [2.05, 4.69) is 10.0 Å². The van der Waals surface area contributed by atoms with E-state index in [4.69, 9.17) is 23.2 Å². The van der Waals surface area contributed by atoms with Gasteiger partial charge in [0, 0.05) is 6.04 Å². The number of fused-ring (bicyclic) bond motifs is 1. The maximum Gasteiger partial charge on any atom is 0.242 e. The monoisotopic (exact) mass is 342 g/mol. The van der Waals surface area contributed by atoms with Crippen molar-refractivity contribution in [1.82, 2.24) is 10.0 Å². The molecule has 2 fully saturated rings. The van der Waals surface area contributed by atoms with Crippen LogP contribution in [0.3, 0.4) is 0 Å². The highest BCUT2D eigenvalue weighted by atomic mass is 35.5. The van der Waals surface area contributed by atoms with Gasteiger partial charge >= 0.3 is 0 Å². The Morgan fingerprint density at radius 2 is 1.84 bits per heavy atom. The van der Waals surface area contributed by atoms with Crippen LogP contribution >= 0.6 is 35.6 Å². The lowest BCUT2D eigenvalue weighted by Gasteiger charge is -2.10. The molecule has 2 unspecified atom stereocenters. The van der Waals surface area contributed by atoms with Gasteiger partial charge in [-0.2, -0.15) is 0 Å². The largest absolute Gasteiger partial charge is 0.316 e. The number of halogens is 3. The highest BCUT2D eigenvalue weighted by Gasteiger charge is 2.54. The molecule has 0 radical (unpaired) electrons. The number of rotatable bonds is 3. The summed E-state index contributed by atoms with van der Waals surface area (Å²) in [4.78, 5) is 0.0506. The Balaban J connectivity index is 0.00000133. The van der Waals surface area contributed by atoms with Crippen LogP contribution in [-0.2, 0) is 10.0 Å². The Kier molecular flexibility index (Phi) is 4.35. The van der Waals surface area contributed by atoms with Gasteiger partial charge in [-0.25, -0.2) is 13.1 Å². The second-order valence-corrected chi connectivity index (χ2v) is 7.15. The van der Waals surface area contributed by atoms with Crippen LogP contribution in [0.1, 0.15) is 0 Å². The van der Waals surface area contributed by atoms with Gasteiger partial charge in [-0.05, 0) is 37.1 Å². The fraction of sp³-hybridized carbons (Fsp3) is 0.455. The first-order valence-electron chi connectivity index (χ1n) is 5.68. The molecule has 1 saturated heterocycles. The van der Waals surface area contributed by atoms with Crippen LogP contribution in [0.5, 0.6) is 0 Å². The minimum atomic E-state index is -3.59. The second-order valence-electron chi connectivity index (χ2n) is 4.68. The standard InChI is InChI=1S/C11H12Cl2N2O2S.ClH/c12-8-2-1-3-9(10(8)13)18(16,17)15-11-6-4-14-5-7(6)11;/h1-3,6-7,11,14-15H,4-5H2;1H. The summed E-state index contributed by atoms with van der Waals surface area (Å²) in [6.07, 6.45) is 0. The number of sulfonamides is 1. The van der Waals surface area contributed by atoms with E-state index in [-0.39, 0.29) is 33.4 Å². The number of hydrogen-bond donors (Lipinski definition) is 2. The van der Waals surface area contributed by atoms with Gasteiger partial charge in [0.15, 0.2) is 0 Å². The van der Waals surface area contributed by atoms with Crippen LogP contribution in [0, 0.1) is 11.8 Å². The highest BCUT2D eigenvalue weighted by Crippen LogP contribution is 2.42. The zero-order valence-corrected chi connectivity index (χ0v) is 12.9. The minimum absolute atomic E-state index is 0. The molecule has 3 rings (SSSR count). The first-order valence-corrected chi connectivity index (χ1v) is 7.91. The van der Waals surface area contributed by atoms with Crippen molar-refractivity contribution in [3.8, 4) is 0 Å². The lowest BCUT2D eigenvalue weighted by atomic mass is 10.4. The predicted octanol–water partition coefficient (Wildman–Crippen LogP) is 1.91. The molecule has 0 aromatic heterocycles. The van der Waals surface area contributed by atoms with Gasteiger partial charge in [-0.1, -0.05) is 29.3 Å². The molecule has 19 heavy (non-hydrogen) atoms. The summed E-state index contributed by atoms with van der Waals surface area (Å²) in [5.74, 6) is 0.829.